The van der Waals surface area contributed by atoms with E-state index >= 15 is 0 Å². The van der Waals surface area contributed by atoms with E-state index in [0.717, 1.165) is 39.1 Å². The maximum absolute atomic E-state index is 13.6. The van der Waals surface area contributed by atoms with Crippen molar-refractivity contribution in [3.05, 3.63) is 52.5 Å². The summed E-state index contributed by atoms with van der Waals surface area (Å²) in [5.41, 5.74) is 0. The molecule has 5 heteroatoms. The quantitative estimate of drug-likeness (QED) is 0.729. The van der Waals surface area contributed by atoms with Crippen molar-refractivity contribution in [1.29, 1.82) is 0 Å². The van der Waals surface area contributed by atoms with Crippen LogP contribution in [0.25, 0.3) is 0 Å². The van der Waals surface area contributed by atoms with Crippen LogP contribution in [0.4, 0.5) is 4.39 Å². The van der Waals surface area contributed by atoms with E-state index in [1.54, 1.807) is 29.5 Å². The van der Waals surface area contributed by atoms with E-state index < -0.39 is 0 Å². The summed E-state index contributed by atoms with van der Waals surface area (Å²) >= 11 is 1.76. The van der Waals surface area contributed by atoms with Gasteiger partial charge in [-0.15, -0.1) is 11.3 Å². The summed E-state index contributed by atoms with van der Waals surface area (Å²) < 4.78 is 24.9. The summed E-state index contributed by atoms with van der Waals surface area (Å²) in [6, 6.07) is 10.8. The zero-order valence-electron chi connectivity index (χ0n) is 13.1. The molecule has 2 aromatic rings. The number of benzene rings is 1. The van der Waals surface area contributed by atoms with Crippen molar-refractivity contribution in [2.45, 2.75) is 25.5 Å². The maximum atomic E-state index is 13.6. The number of para-hydroxylation sites is 1. The Morgan fingerprint density at radius 3 is 2.91 bits per heavy atom. The summed E-state index contributed by atoms with van der Waals surface area (Å²) in [7, 11) is 0. The molecule has 1 aromatic heterocycles. The van der Waals surface area contributed by atoms with Crippen molar-refractivity contribution in [2.75, 3.05) is 26.3 Å². The first-order valence-corrected chi connectivity index (χ1v) is 8.93. The smallest absolute Gasteiger partial charge is 0.165 e. The molecule has 1 aliphatic rings. The summed E-state index contributed by atoms with van der Waals surface area (Å²) in [4.78, 5) is 3.66. The number of hydrogen-bond acceptors (Lipinski definition) is 4. The van der Waals surface area contributed by atoms with E-state index in [0.29, 0.717) is 18.5 Å². The molecule has 0 radical (unpaired) electrons. The lowest BCUT2D eigenvalue weighted by Crippen LogP contribution is -2.34. The number of rotatable bonds is 8. The minimum absolute atomic E-state index is 0.309. The van der Waals surface area contributed by atoms with Crippen molar-refractivity contribution in [3.63, 3.8) is 0 Å². The lowest BCUT2D eigenvalue weighted by Gasteiger charge is -2.24. The van der Waals surface area contributed by atoms with Crippen LogP contribution in [0, 0.1) is 5.82 Å². The first kappa shape index (κ1) is 16.4. The average molecular weight is 335 g/mol. The van der Waals surface area contributed by atoms with E-state index in [-0.39, 0.29) is 5.82 Å². The Hall–Kier alpha value is -1.43. The molecule has 0 N–H and O–H groups in total. The van der Waals surface area contributed by atoms with Crippen LogP contribution in [0.3, 0.4) is 0 Å². The monoisotopic (exact) mass is 335 g/mol. The van der Waals surface area contributed by atoms with Crippen molar-refractivity contribution < 1.29 is 13.9 Å². The second-order valence-electron chi connectivity index (χ2n) is 5.73. The third-order valence-electron chi connectivity index (χ3n) is 3.95. The van der Waals surface area contributed by atoms with Gasteiger partial charge in [-0.3, -0.25) is 4.90 Å². The Morgan fingerprint density at radius 1 is 1.26 bits per heavy atom. The highest BCUT2D eigenvalue weighted by Crippen LogP contribution is 2.18. The second-order valence-corrected chi connectivity index (χ2v) is 6.76. The van der Waals surface area contributed by atoms with Crippen LogP contribution >= 0.6 is 11.3 Å². The Labute approximate surface area is 140 Å². The van der Waals surface area contributed by atoms with Crippen LogP contribution < -0.4 is 4.74 Å². The highest BCUT2D eigenvalue weighted by Gasteiger charge is 2.19. The van der Waals surface area contributed by atoms with Gasteiger partial charge in [-0.2, -0.15) is 0 Å². The Morgan fingerprint density at radius 2 is 2.17 bits per heavy atom. The summed E-state index contributed by atoms with van der Waals surface area (Å²) in [6.45, 7) is 3.88. The number of ether oxygens (including phenoxy) is 2. The van der Waals surface area contributed by atoms with Crippen molar-refractivity contribution in [3.8, 4) is 5.75 Å². The van der Waals surface area contributed by atoms with Crippen LogP contribution in [0.15, 0.2) is 41.8 Å². The molecule has 23 heavy (non-hydrogen) atoms. The molecule has 1 unspecified atom stereocenters. The van der Waals surface area contributed by atoms with E-state index in [1.807, 2.05) is 0 Å². The SMILES string of the molecule is Fc1ccccc1OCCN(Cc1cccs1)CC1CCCO1. The summed E-state index contributed by atoms with van der Waals surface area (Å²) in [5.74, 6) is 0.0112. The van der Waals surface area contributed by atoms with E-state index in [2.05, 4.69) is 22.4 Å². The molecule has 1 atom stereocenters. The Bertz CT molecular complexity index is 584. The minimum atomic E-state index is -0.309. The highest BCUT2D eigenvalue weighted by atomic mass is 32.1. The lowest BCUT2D eigenvalue weighted by atomic mass is 10.2. The third-order valence-corrected chi connectivity index (χ3v) is 4.81. The first-order chi connectivity index (χ1) is 11.3. The van der Waals surface area contributed by atoms with Gasteiger partial charge in [0.25, 0.3) is 0 Å². The first-order valence-electron chi connectivity index (χ1n) is 8.05. The average Bonchev–Trinajstić information content (AvgIpc) is 3.23. The minimum Gasteiger partial charge on any atom is -0.489 e. The second kappa shape index (κ2) is 8.43. The lowest BCUT2D eigenvalue weighted by molar-refractivity contribution is 0.0655. The normalized spacial score (nSPS) is 17.7. The van der Waals surface area contributed by atoms with Crippen molar-refractivity contribution in [1.82, 2.24) is 4.90 Å². The van der Waals surface area contributed by atoms with Crippen LogP contribution in [0.5, 0.6) is 5.75 Å². The van der Waals surface area contributed by atoms with Gasteiger partial charge in [0.1, 0.15) is 6.61 Å². The standard InChI is InChI=1S/C18H22FNO2S/c19-17-7-1-2-8-18(17)22-11-9-20(13-15-5-3-10-21-15)14-16-6-4-12-23-16/h1-2,4,6-8,12,15H,3,5,9-11,13-14H2. The topological polar surface area (TPSA) is 21.7 Å². The Kier molecular flexibility index (Phi) is 6.02. The molecule has 3 nitrogen and oxygen atoms in total. The van der Waals surface area contributed by atoms with E-state index in [1.165, 1.54) is 10.9 Å². The molecule has 1 saturated heterocycles. The molecule has 1 fully saturated rings. The zero-order valence-corrected chi connectivity index (χ0v) is 13.9. The van der Waals surface area contributed by atoms with Gasteiger partial charge in [-0.05, 0) is 36.4 Å². The molecule has 0 amide bonds. The van der Waals surface area contributed by atoms with Crippen molar-refractivity contribution >= 4 is 11.3 Å². The zero-order chi connectivity index (χ0) is 15.9. The fourth-order valence-corrected chi connectivity index (χ4v) is 3.53. The molecule has 1 aliphatic heterocycles. The number of halogens is 1. The summed E-state index contributed by atoms with van der Waals surface area (Å²) in [6.07, 6.45) is 2.57. The molecular formula is C18H22FNO2S. The fraction of sp³-hybridized carbons (Fsp3) is 0.444. The van der Waals surface area contributed by atoms with E-state index in [9.17, 15) is 4.39 Å². The molecule has 2 heterocycles. The Balaban J connectivity index is 1.53. The van der Waals surface area contributed by atoms with Gasteiger partial charge in [0, 0.05) is 31.1 Å². The molecule has 0 spiro atoms. The number of nitrogens with zero attached hydrogens (tertiary/aromatic N) is 1. The van der Waals surface area contributed by atoms with Gasteiger partial charge in [-0.1, -0.05) is 18.2 Å². The number of thiophene rings is 1. The predicted molar refractivity (Wildman–Crippen MR) is 90.5 cm³/mol. The molecule has 3 rings (SSSR count). The van der Waals surface area contributed by atoms with Crippen LogP contribution in [0.1, 0.15) is 17.7 Å². The van der Waals surface area contributed by atoms with Gasteiger partial charge in [0.2, 0.25) is 0 Å². The maximum Gasteiger partial charge on any atom is 0.165 e. The molecule has 0 aliphatic carbocycles. The van der Waals surface area contributed by atoms with Gasteiger partial charge in [0.15, 0.2) is 11.6 Å². The largest absolute Gasteiger partial charge is 0.489 e. The third kappa shape index (κ3) is 5.03. The predicted octanol–water partition coefficient (Wildman–Crippen LogP) is 3.95. The highest BCUT2D eigenvalue weighted by molar-refractivity contribution is 7.09. The van der Waals surface area contributed by atoms with Crippen molar-refractivity contribution in [2.24, 2.45) is 0 Å². The number of hydrogen-bond donors (Lipinski definition) is 0. The molecule has 1 aromatic carbocycles. The van der Waals surface area contributed by atoms with Crippen LogP contribution in [-0.4, -0.2) is 37.3 Å². The van der Waals surface area contributed by atoms with Crippen LogP contribution in [0.2, 0.25) is 0 Å². The molecule has 0 bridgehead atoms. The molecule has 0 saturated carbocycles. The fourth-order valence-electron chi connectivity index (χ4n) is 2.78. The van der Waals surface area contributed by atoms with Gasteiger partial charge in [-0.25, -0.2) is 4.39 Å². The summed E-state index contributed by atoms with van der Waals surface area (Å²) in [5, 5.41) is 2.09. The van der Waals surface area contributed by atoms with Gasteiger partial charge in [0.05, 0.1) is 6.10 Å². The van der Waals surface area contributed by atoms with Crippen LogP contribution in [-0.2, 0) is 11.3 Å². The van der Waals surface area contributed by atoms with E-state index in [4.69, 9.17) is 9.47 Å². The van der Waals surface area contributed by atoms with Gasteiger partial charge >= 0.3 is 0 Å². The van der Waals surface area contributed by atoms with Gasteiger partial charge < -0.3 is 9.47 Å². The molecule has 124 valence electrons. The molecular weight excluding hydrogens is 313 g/mol.